The summed E-state index contributed by atoms with van der Waals surface area (Å²) in [5, 5.41) is 8.88. The van der Waals surface area contributed by atoms with Crippen molar-refractivity contribution in [2.45, 2.75) is 0 Å². The molecule has 1 aromatic carbocycles. The molecule has 0 saturated carbocycles. The molecule has 0 bridgehead atoms. The van der Waals surface area contributed by atoms with E-state index in [1.54, 1.807) is 6.07 Å². The lowest BCUT2D eigenvalue weighted by Crippen LogP contribution is -2.07. The van der Waals surface area contributed by atoms with Gasteiger partial charge in [-0.1, -0.05) is 17.7 Å². The molecule has 4 nitrogen and oxygen atoms in total. The van der Waals surface area contributed by atoms with E-state index >= 15 is 0 Å². The van der Waals surface area contributed by atoms with Gasteiger partial charge in [0.15, 0.2) is 0 Å². The van der Waals surface area contributed by atoms with Crippen molar-refractivity contribution < 1.29 is 9.18 Å². The molecule has 1 amide bonds. The number of hydrogen-bond donors (Lipinski definition) is 2. The smallest absolute Gasteiger partial charge is 0.249 e. The lowest BCUT2D eigenvalue weighted by molar-refractivity contribution is -0.111. The largest absolute Gasteiger partial charge is 0.307 e. The third-order valence-electron chi connectivity index (χ3n) is 2.13. The van der Waals surface area contributed by atoms with Crippen molar-refractivity contribution in [3.05, 3.63) is 52.9 Å². The van der Waals surface area contributed by atoms with Gasteiger partial charge in [0, 0.05) is 12.1 Å². The van der Waals surface area contributed by atoms with Gasteiger partial charge in [0.05, 0.1) is 11.2 Å². The Kier molecular flexibility index (Phi) is 3.74. The first-order valence-corrected chi connectivity index (χ1v) is 5.46. The average Bonchev–Trinajstić information content (AvgIpc) is 2.83. The van der Waals surface area contributed by atoms with Gasteiger partial charge in [-0.3, -0.25) is 9.89 Å². The molecule has 0 saturated heterocycles. The predicted octanol–water partition coefficient (Wildman–Crippen LogP) is 2.85. The summed E-state index contributed by atoms with van der Waals surface area (Å²) in [6.45, 7) is 0. The van der Waals surface area contributed by atoms with Crippen molar-refractivity contribution in [3.8, 4) is 0 Å². The number of carbonyl (C=O) groups excluding carboxylic acids is 1. The first-order chi connectivity index (χ1) is 8.65. The van der Waals surface area contributed by atoms with Crippen LogP contribution in [0.4, 0.5) is 10.2 Å². The van der Waals surface area contributed by atoms with Gasteiger partial charge in [0.1, 0.15) is 11.6 Å². The lowest BCUT2D eigenvalue weighted by Gasteiger charge is -1.98. The van der Waals surface area contributed by atoms with E-state index in [9.17, 15) is 9.18 Å². The lowest BCUT2D eigenvalue weighted by atomic mass is 10.2. The molecule has 0 aliphatic rings. The molecule has 0 fully saturated rings. The molecule has 6 heteroatoms. The molecule has 0 aliphatic carbocycles. The number of amides is 1. The van der Waals surface area contributed by atoms with Crippen LogP contribution in [0.5, 0.6) is 0 Å². The topological polar surface area (TPSA) is 57.8 Å². The van der Waals surface area contributed by atoms with Gasteiger partial charge in [-0.2, -0.15) is 5.10 Å². The highest BCUT2D eigenvalue weighted by Crippen LogP contribution is 2.16. The van der Waals surface area contributed by atoms with Gasteiger partial charge in [0.25, 0.3) is 0 Å². The summed E-state index contributed by atoms with van der Waals surface area (Å²) in [5.74, 6) is -0.308. The first kappa shape index (κ1) is 12.3. The summed E-state index contributed by atoms with van der Waals surface area (Å²) in [7, 11) is 0. The molecule has 0 aliphatic heterocycles. The summed E-state index contributed by atoms with van der Waals surface area (Å²) in [5.41, 5.74) is 0.640. The third kappa shape index (κ3) is 3.18. The zero-order chi connectivity index (χ0) is 13.0. The summed E-state index contributed by atoms with van der Waals surface area (Å²) >= 11 is 5.62. The van der Waals surface area contributed by atoms with Crippen LogP contribution in [0.1, 0.15) is 5.56 Å². The van der Waals surface area contributed by atoms with Crippen molar-refractivity contribution >= 4 is 29.4 Å². The molecule has 2 aromatic rings. The van der Waals surface area contributed by atoms with Crippen molar-refractivity contribution in [2.75, 3.05) is 5.32 Å². The van der Waals surface area contributed by atoms with Crippen LogP contribution < -0.4 is 5.32 Å². The second kappa shape index (κ2) is 5.46. The highest BCUT2D eigenvalue weighted by atomic mass is 35.5. The molecule has 0 spiro atoms. The van der Waals surface area contributed by atoms with Crippen LogP contribution in [0, 0.1) is 5.82 Å². The van der Waals surface area contributed by atoms with E-state index < -0.39 is 5.82 Å². The highest BCUT2D eigenvalue weighted by molar-refractivity contribution is 6.30. The van der Waals surface area contributed by atoms with Crippen LogP contribution in [0.2, 0.25) is 5.02 Å². The Labute approximate surface area is 107 Å². The summed E-state index contributed by atoms with van der Waals surface area (Å²) in [6.07, 6.45) is 4.39. The fourth-order valence-corrected chi connectivity index (χ4v) is 1.48. The van der Waals surface area contributed by atoms with E-state index in [1.165, 1.54) is 36.5 Å². The van der Waals surface area contributed by atoms with Crippen molar-refractivity contribution in [1.29, 1.82) is 0 Å². The minimum absolute atomic E-state index is 0.0196. The maximum Gasteiger partial charge on any atom is 0.249 e. The van der Waals surface area contributed by atoms with Crippen LogP contribution >= 0.6 is 11.6 Å². The van der Waals surface area contributed by atoms with Gasteiger partial charge in [0.2, 0.25) is 5.91 Å². The minimum Gasteiger partial charge on any atom is -0.307 e. The Morgan fingerprint density at radius 1 is 1.44 bits per heavy atom. The second-order valence-electron chi connectivity index (χ2n) is 3.47. The maximum absolute atomic E-state index is 12.9. The molecule has 0 atom stereocenters. The van der Waals surface area contributed by atoms with Gasteiger partial charge >= 0.3 is 0 Å². The normalized spacial score (nSPS) is 10.8. The van der Waals surface area contributed by atoms with Crippen LogP contribution in [-0.2, 0) is 4.79 Å². The Morgan fingerprint density at radius 2 is 2.28 bits per heavy atom. The van der Waals surface area contributed by atoms with E-state index in [-0.39, 0.29) is 10.9 Å². The van der Waals surface area contributed by atoms with E-state index in [0.29, 0.717) is 11.4 Å². The minimum atomic E-state index is -0.490. The number of anilines is 1. The van der Waals surface area contributed by atoms with Crippen LogP contribution in [-0.4, -0.2) is 16.1 Å². The van der Waals surface area contributed by atoms with Gasteiger partial charge < -0.3 is 5.32 Å². The summed E-state index contributed by atoms with van der Waals surface area (Å²) < 4.78 is 12.9. The van der Waals surface area contributed by atoms with Crippen molar-refractivity contribution in [2.24, 2.45) is 0 Å². The van der Waals surface area contributed by atoms with Gasteiger partial charge in [-0.25, -0.2) is 4.39 Å². The first-order valence-electron chi connectivity index (χ1n) is 5.08. The number of halogens is 2. The van der Waals surface area contributed by atoms with E-state index in [0.717, 1.165) is 0 Å². The number of H-pyrrole nitrogens is 1. The average molecular weight is 266 g/mol. The Bertz CT molecular complexity index is 581. The summed E-state index contributed by atoms with van der Waals surface area (Å²) in [4.78, 5) is 11.5. The third-order valence-corrected chi connectivity index (χ3v) is 2.42. The number of benzene rings is 1. The SMILES string of the molecule is O=C(C=Cc1ccc(F)c(Cl)c1)Nc1ccn[nH]1. The molecular weight excluding hydrogens is 257 g/mol. The molecule has 0 radical (unpaired) electrons. The number of carbonyl (C=O) groups is 1. The van der Waals surface area contributed by atoms with E-state index in [2.05, 4.69) is 15.5 Å². The Balaban J connectivity index is 2.01. The molecule has 1 heterocycles. The van der Waals surface area contributed by atoms with Crippen LogP contribution in [0.3, 0.4) is 0 Å². The van der Waals surface area contributed by atoms with E-state index in [4.69, 9.17) is 11.6 Å². The second-order valence-corrected chi connectivity index (χ2v) is 3.87. The predicted molar refractivity (Wildman–Crippen MR) is 67.7 cm³/mol. The van der Waals surface area contributed by atoms with Gasteiger partial charge in [-0.15, -0.1) is 0 Å². The fraction of sp³-hybridized carbons (Fsp3) is 0. The number of nitrogens with zero attached hydrogens (tertiary/aromatic N) is 1. The number of rotatable bonds is 3. The monoisotopic (exact) mass is 265 g/mol. The van der Waals surface area contributed by atoms with Crippen molar-refractivity contribution in [3.63, 3.8) is 0 Å². The van der Waals surface area contributed by atoms with Crippen LogP contribution in [0.15, 0.2) is 36.5 Å². The fourth-order valence-electron chi connectivity index (χ4n) is 1.29. The molecule has 0 unspecified atom stereocenters. The molecule has 18 heavy (non-hydrogen) atoms. The molecular formula is C12H9ClFN3O. The van der Waals surface area contributed by atoms with Crippen LogP contribution in [0.25, 0.3) is 6.08 Å². The Morgan fingerprint density at radius 3 is 2.94 bits per heavy atom. The molecule has 92 valence electrons. The van der Waals surface area contributed by atoms with Crippen molar-refractivity contribution in [1.82, 2.24) is 10.2 Å². The Hall–Kier alpha value is -2.14. The zero-order valence-corrected chi connectivity index (χ0v) is 9.91. The quantitative estimate of drug-likeness (QED) is 0.839. The highest BCUT2D eigenvalue weighted by Gasteiger charge is 2.00. The summed E-state index contributed by atoms with van der Waals surface area (Å²) in [6, 6.07) is 5.84. The maximum atomic E-state index is 12.9. The molecule has 2 N–H and O–H groups in total. The number of nitrogens with one attached hydrogen (secondary N) is 2. The van der Waals surface area contributed by atoms with E-state index in [1.807, 2.05) is 0 Å². The molecule has 2 rings (SSSR count). The number of aromatic nitrogens is 2. The number of aromatic amines is 1. The molecule has 1 aromatic heterocycles. The standard InChI is InChI=1S/C12H9ClFN3O/c13-9-7-8(1-3-10(9)14)2-4-12(18)16-11-5-6-15-17-11/h1-7H,(H2,15,16,17,18). The number of hydrogen-bond acceptors (Lipinski definition) is 2. The zero-order valence-electron chi connectivity index (χ0n) is 9.15. The van der Waals surface area contributed by atoms with Gasteiger partial charge in [-0.05, 0) is 23.8 Å².